The van der Waals surface area contributed by atoms with Crippen LogP contribution in [0.3, 0.4) is 0 Å². The molecule has 2 fully saturated rings. The van der Waals surface area contributed by atoms with Crippen LogP contribution in [0.25, 0.3) is 6.08 Å². The van der Waals surface area contributed by atoms with Gasteiger partial charge in [-0.2, -0.15) is 17.0 Å². The Morgan fingerprint density at radius 1 is 1.20 bits per heavy atom. The fraction of sp³-hybridized carbons (Fsp3) is 0.750. The van der Waals surface area contributed by atoms with Gasteiger partial charge < -0.3 is 14.9 Å². The zero-order chi connectivity index (χ0) is 30.2. The lowest BCUT2D eigenvalue weighted by molar-refractivity contribution is -0.154. The number of ether oxygens (including phenoxy) is 1. The fourth-order valence-electron chi connectivity index (χ4n) is 5.58. The molecule has 3 heterocycles. The van der Waals surface area contributed by atoms with Crippen molar-refractivity contribution in [3.8, 4) is 0 Å². The van der Waals surface area contributed by atoms with Gasteiger partial charge in [-0.25, -0.2) is 4.98 Å². The third-order valence-corrected chi connectivity index (χ3v) is 11.3. The maximum Gasteiger partial charge on any atom is 0.309 e. The van der Waals surface area contributed by atoms with E-state index in [9.17, 15) is 28.2 Å². The Balaban J connectivity index is 1.97. The SMILES string of the molecule is CC(=Cc1csc(C)n1)[C@H]1C[C@H]2[C@H](CCC[C@@H](C)[C@@H](O)[C@H](C)C(=O)C(C)(C)[C@H](O)CC(=O)O1)N2S(=O)(=O)N(C)C. The lowest BCUT2D eigenvalue weighted by Crippen LogP contribution is -2.45. The van der Waals surface area contributed by atoms with Gasteiger partial charge in [-0.15, -0.1) is 11.3 Å². The summed E-state index contributed by atoms with van der Waals surface area (Å²) in [6, 6.07) is -0.649. The van der Waals surface area contributed by atoms with E-state index in [-0.39, 0.29) is 30.2 Å². The number of cyclic esters (lactones) is 1. The van der Waals surface area contributed by atoms with Crippen LogP contribution >= 0.6 is 11.3 Å². The second-order valence-corrected chi connectivity index (χ2v) is 15.3. The highest BCUT2D eigenvalue weighted by Gasteiger charge is 2.56. The maximum atomic E-state index is 13.3. The van der Waals surface area contributed by atoms with Crippen molar-refractivity contribution >= 4 is 39.4 Å². The smallest absolute Gasteiger partial charge is 0.309 e. The van der Waals surface area contributed by atoms with E-state index in [1.54, 1.807) is 20.8 Å². The number of esters is 1. The Hall–Kier alpha value is -1.70. The van der Waals surface area contributed by atoms with Gasteiger partial charge in [-0.3, -0.25) is 9.59 Å². The molecule has 1 aromatic rings. The second-order valence-electron chi connectivity index (χ2n) is 12.1. The largest absolute Gasteiger partial charge is 0.458 e. The summed E-state index contributed by atoms with van der Waals surface area (Å²) in [6.45, 7) is 10.4. The van der Waals surface area contributed by atoms with Gasteiger partial charge in [0.2, 0.25) is 0 Å². The molecular formula is C28H45N3O7S2. The topological polar surface area (TPSA) is 137 Å². The van der Waals surface area contributed by atoms with Crippen molar-refractivity contribution in [2.45, 2.75) is 104 Å². The van der Waals surface area contributed by atoms with E-state index >= 15 is 0 Å². The molecule has 2 aliphatic heterocycles. The number of rotatable bonds is 4. The van der Waals surface area contributed by atoms with Crippen molar-refractivity contribution in [3.63, 3.8) is 0 Å². The molecule has 40 heavy (non-hydrogen) atoms. The van der Waals surface area contributed by atoms with Gasteiger partial charge in [0.05, 0.1) is 34.7 Å². The van der Waals surface area contributed by atoms with Crippen molar-refractivity contribution in [2.24, 2.45) is 17.3 Å². The molecule has 0 bridgehead atoms. The number of aliphatic hydroxyl groups excluding tert-OH is 2. The van der Waals surface area contributed by atoms with Crippen LogP contribution in [0.15, 0.2) is 11.0 Å². The molecule has 8 atom stereocenters. The zero-order valence-electron chi connectivity index (χ0n) is 24.8. The highest BCUT2D eigenvalue weighted by atomic mass is 32.2. The summed E-state index contributed by atoms with van der Waals surface area (Å²) in [5.74, 6) is -1.97. The zero-order valence-corrected chi connectivity index (χ0v) is 26.5. The first-order valence-electron chi connectivity index (χ1n) is 13.9. The average Bonchev–Trinajstić information content (AvgIpc) is 3.41. The third kappa shape index (κ3) is 7.19. The summed E-state index contributed by atoms with van der Waals surface area (Å²) in [5.41, 5.74) is 0.150. The van der Waals surface area contributed by atoms with Crippen LogP contribution < -0.4 is 0 Å². The minimum absolute atomic E-state index is 0.208. The first-order valence-corrected chi connectivity index (χ1v) is 16.2. The minimum Gasteiger partial charge on any atom is -0.458 e. The van der Waals surface area contributed by atoms with Gasteiger partial charge >= 0.3 is 5.97 Å². The van der Waals surface area contributed by atoms with Crippen LogP contribution in [0.4, 0.5) is 0 Å². The lowest BCUT2D eigenvalue weighted by atomic mass is 9.73. The maximum absolute atomic E-state index is 13.3. The molecule has 3 rings (SSSR count). The van der Waals surface area contributed by atoms with Crippen molar-refractivity contribution in [2.75, 3.05) is 14.1 Å². The quantitative estimate of drug-likeness (QED) is 0.398. The van der Waals surface area contributed by atoms with Gasteiger partial charge in [-0.05, 0) is 44.3 Å². The number of hydrogen-bond acceptors (Lipinski definition) is 9. The lowest BCUT2D eigenvalue weighted by Gasteiger charge is -2.34. The Kier molecular flexibility index (Phi) is 10.4. The predicted molar refractivity (Wildman–Crippen MR) is 155 cm³/mol. The number of carbonyl (C=O) groups excluding carboxylic acids is 2. The number of hydrogen-bond donors (Lipinski definition) is 2. The van der Waals surface area contributed by atoms with E-state index < -0.39 is 52.2 Å². The highest BCUT2D eigenvalue weighted by molar-refractivity contribution is 7.87. The molecule has 0 radical (unpaired) electrons. The van der Waals surface area contributed by atoms with Crippen LogP contribution in [0.5, 0.6) is 0 Å². The molecule has 0 aliphatic carbocycles. The number of aliphatic hydroxyl groups is 2. The Bertz CT molecular complexity index is 1210. The summed E-state index contributed by atoms with van der Waals surface area (Å²) in [5, 5.41) is 24.7. The molecule has 2 aliphatic rings. The summed E-state index contributed by atoms with van der Waals surface area (Å²) in [4.78, 5) is 30.9. The third-order valence-electron chi connectivity index (χ3n) is 8.48. The van der Waals surface area contributed by atoms with E-state index in [0.717, 1.165) is 10.7 Å². The molecule has 2 saturated heterocycles. The highest BCUT2D eigenvalue weighted by Crippen LogP contribution is 2.42. The Morgan fingerprint density at radius 3 is 2.42 bits per heavy atom. The first kappa shape index (κ1) is 32.8. The Morgan fingerprint density at radius 2 is 1.85 bits per heavy atom. The molecule has 0 saturated carbocycles. The molecule has 226 valence electrons. The second kappa shape index (κ2) is 12.7. The molecule has 1 unspecified atom stereocenters. The molecule has 0 aromatic carbocycles. The molecule has 10 nitrogen and oxygen atoms in total. The molecule has 0 amide bonds. The number of aryl methyl sites for hydroxylation is 1. The number of Topliss-reactive ketones (excluding diaryl/α,β-unsaturated/α-hetero) is 1. The number of thiazole rings is 1. The summed E-state index contributed by atoms with van der Waals surface area (Å²) in [6.07, 6.45) is 0.519. The van der Waals surface area contributed by atoms with E-state index in [1.165, 1.54) is 34.0 Å². The summed E-state index contributed by atoms with van der Waals surface area (Å²) < 4.78 is 34.8. The Labute approximate surface area is 242 Å². The van der Waals surface area contributed by atoms with Gasteiger partial charge in [-0.1, -0.05) is 34.1 Å². The molecule has 12 heteroatoms. The van der Waals surface area contributed by atoms with Crippen molar-refractivity contribution in [3.05, 3.63) is 21.7 Å². The van der Waals surface area contributed by atoms with Crippen LogP contribution in [-0.4, -0.2) is 88.5 Å². The molecule has 0 spiro atoms. The molecule has 2 N–H and O–H groups in total. The van der Waals surface area contributed by atoms with E-state index in [0.29, 0.717) is 24.8 Å². The van der Waals surface area contributed by atoms with Gasteiger partial charge in [0, 0.05) is 43.9 Å². The minimum atomic E-state index is -3.71. The van der Waals surface area contributed by atoms with E-state index in [1.807, 2.05) is 32.2 Å². The number of nitrogens with zero attached hydrogens (tertiary/aromatic N) is 3. The van der Waals surface area contributed by atoms with E-state index in [4.69, 9.17) is 4.74 Å². The van der Waals surface area contributed by atoms with Gasteiger partial charge in [0.1, 0.15) is 11.9 Å². The van der Waals surface area contributed by atoms with Gasteiger partial charge in [0.25, 0.3) is 10.2 Å². The van der Waals surface area contributed by atoms with Gasteiger partial charge in [0.15, 0.2) is 0 Å². The van der Waals surface area contributed by atoms with Crippen LogP contribution in [0, 0.1) is 24.2 Å². The van der Waals surface area contributed by atoms with Crippen molar-refractivity contribution < 1.29 is 33.0 Å². The summed E-state index contributed by atoms with van der Waals surface area (Å²) >= 11 is 1.50. The monoisotopic (exact) mass is 599 g/mol. The van der Waals surface area contributed by atoms with Crippen LogP contribution in [0.2, 0.25) is 0 Å². The van der Waals surface area contributed by atoms with Crippen LogP contribution in [-0.2, 0) is 24.5 Å². The predicted octanol–water partition coefficient (Wildman–Crippen LogP) is 3.18. The first-order chi connectivity index (χ1) is 18.5. The number of ketones is 1. The number of fused-ring (bicyclic) bond motifs is 1. The average molecular weight is 600 g/mol. The van der Waals surface area contributed by atoms with E-state index in [2.05, 4.69) is 4.98 Å². The normalized spacial score (nSPS) is 34.8. The standard InChI is InChI=1S/C28H45N3O7S2/c1-16-10-9-11-21-22(31(21)40(36,37)30(7)8)13-23(17(2)12-20-15-39-19(4)29-20)38-25(33)14-24(32)28(5,6)27(35)18(3)26(16)34/h12,15-16,18,21-24,26,32,34H,9-11,13-14H2,1-8H3/t16-,18+,21+,22+,23-,24-,26-,31?/m1/s1. The number of carbonyl (C=O) groups is 2. The summed E-state index contributed by atoms with van der Waals surface area (Å²) in [7, 11) is -0.726. The van der Waals surface area contributed by atoms with Crippen molar-refractivity contribution in [1.29, 1.82) is 0 Å². The fourth-order valence-corrected chi connectivity index (χ4v) is 7.63. The van der Waals surface area contributed by atoms with Crippen LogP contribution in [0.1, 0.15) is 77.4 Å². The number of aromatic nitrogens is 1. The molecule has 1 aromatic heterocycles. The van der Waals surface area contributed by atoms with Crippen molar-refractivity contribution in [1.82, 2.24) is 13.6 Å². The molecular weight excluding hydrogens is 554 g/mol.